The summed E-state index contributed by atoms with van der Waals surface area (Å²) >= 11 is 0. The van der Waals surface area contributed by atoms with E-state index in [9.17, 15) is 0 Å². The predicted octanol–water partition coefficient (Wildman–Crippen LogP) is 1.75. The Morgan fingerprint density at radius 2 is 1.89 bits per heavy atom. The first-order valence-corrected chi connectivity index (χ1v) is 7.18. The largest absolute Gasteiger partial charge is 0.370 e. The highest BCUT2D eigenvalue weighted by molar-refractivity contribution is 5.58. The van der Waals surface area contributed by atoms with E-state index < -0.39 is 0 Å². The van der Waals surface area contributed by atoms with Gasteiger partial charge in [0.05, 0.1) is 0 Å². The smallest absolute Gasteiger partial charge is 0.137 e. The zero-order chi connectivity index (χ0) is 13.8. The third-order valence-electron chi connectivity index (χ3n) is 3.75. The third kappa shape index (κ3) is 3.15. The Labute approximate surface area is 116 Å². The quantitative estimate of drug-likeness (QED) is 0.896. The summed E-state index contributed by atoms with van der Waals surface area (Å²) in [5.41, 5.74) is 1.15. The molecule has 19 heavy (non-hydrogen) atoms. The van der Waals surface area contributed by atoms with Crippen molar-refractivity contribution in [3.8, 4) is 0 Å². The molecule has 0 unspecified atom stereocenters. The predicted molar refractivity (Wildman–Crippen MR) is 79.9 cm³/mol. The van der Waals surface area contributed by atoms with Crippen LogP contribution in [-0.2, 0) is 0 Å². The molecule has 0 amide bonds. The maximum atomic E-state index is 4.47. The molecule has 0 spiro atoms. The fourth-order valence-corrected chi connectivity index (χ4v) is 2.56. The minimum Gasteiger partial charge on any atom is -0.370 e. The molecule has 2 heterocycles. The van der Waals surface area contributed by atoms with Crippen LogP contribution < -0.4 is 10.2 Å². The average molecular weight is 263 g/mol. The van der Waals surface area contributed by atoms with Gasteiger partial charge in [-0.3, -0.25) is 4.90 Å². The van der Waals surface area contributed by atoms with Crippen molar-refractivity contribution >= 4 is 11.6 Å². The minimum atomic E-state index is 0.631. The standard InChI is InChI=1S/C14H25N5/c1-5-15-13-12(4)14(17-10-16-13)19-8-6-18(7-9-19)11(2)3/h10-11H,5-9H2,1-4H3,(H,15,16,17). The van der Waals surface area contributed by atoms with Crippen molar-refractivity contribution in [1.29, 1.82) is 0 Å². The Morgan fingerprint density at radius 1 is 1.21 bits per heavy atom. The van der Waals surface area contributed by atoms with Gasteiger partial charge in [-0.15, -0.1) is 0 Å². The van der Waals surface area contributed by atoms with Crippen LogP contribution in [0.1, 0.15) is 26.3 Å². The molecule has 5 nitrogen and oxygen atoms in total. The lowest BCUT2D eigenvalue weighted by atomic mass is 10.2. The Bertz CT molecular complexity index is 410. The summed E-state index contributed by atoms with van der Waals surface area (Å²) in [7, 11) is 0. The summed E-state index contributed by atoms with van der Waals surface area (Å²) in [4.78, 5) is 13.7. The lowest BCUT2D eigenvalue weighted by molar-refractivity contribution is 0.209. The van der Waals surface area contributed by atoms with Crippen LogP contribution in [0.3, 0.4) is 0 Å². The molecule has 0 atom stereocenters. The van der Waals surface area contributed by atoms with Crippen LogP contribution >= 0.6 is 0 Å². The molecule has 0 radical (unpaired) electrons. The van der Waals surface area contributed by atoms with Crippen LogP contribution in [0.15, 0.2) is 6.33 Å². The maximum Gasteiger partial charge on any atom is 0.137 e. The average Bonchev–Trinajstić information content (AvgIpc) is 2.41. The highest BCUT2D eigenvalue weighted by Gasteiger charge is 2.21. The third-order valence-corrected chi connectivity index (χ3v) is 3.75. The maximum absolute atomic E-state index is 4.47. The molecule has 5 heteroatoms. The highest BCUT2D eigenvalue weighted by Crippen LogP contribution is 2.23. The number of piperazine rings is 1. The van der Waals surface area contributed by atoms with Crippen LogP contribution in [0.4, 0.5) is 11.6 Å². The van der Waals surface area contributed by atoms with E-state index in [1.807, 2.05) is 0 Å². The van der Waals surface area contributed by atoms with E-state index in [0.717, 1.165) is 49.9 Å². The number of nitrogens with zero attached hydrogens (tertiary/aromatic N) is 4. The molecule has 1 aromatic rings. The second-order valence-corrected chi connectivity index (χ2v) is 5.32. The molecule has 0 bridgehead atoms. The van der Waals surface area contributed by atoms with Crippen LogP contribution in [0.2, 0.25) is 0 Å². The van der Waals surface area contributed by atoms with Crippen molar-refractivity contribution in [2.75, 3.05) is 42.9 Å². The van der Waals surface area contributed by atoms with Crippen molar-refractivity contribution in [2.45, 2.75) is 33.7 Å². The Hall–Kier alpha value is -1.36. The number of nitrogens with one attached hydrogen (secondary N) is 1. The van der Waals surface area contributed by atoms with E-state index in [1.165, 1.54) is 0 Å². The van der Waals surface area contributed by atoms with Gasteiger partial charge in [0.2, 0.25) is 0 Å². The Balaban J connectivity index is 2.09. The van der Waals surface area contributed by atoms with Crippen molar-refractivity contribution in [3.05, 3.63) is 11.9 Å². The van der Waals surface area contributed by atoms with E-state index in [4.69, 9.17) is 0 Å². The first-order chi connectivity index (χ1) is 9.13. The Kier molecular flexibility index (Phi) is 4.58. The monoisotopic (exact) mass is 263 g/mol. The van der Waals surface area contributed by atoms with Crippen molar-refractivity contribution in [1.82, 2.24) is 14.9 Å². The number of aromatic nitrogens is 2. The van der Waals surface area contributed by atoms with Gasteiger partial charge in [-0.1, -0.05) is 0 Å². The lowest BCUT2D eigenvalue weighted by Crippen LogP contribution is -2.49. The summed E-state index contributed by atoms with van der Waals surface area (Å²) in [5, 5.41) is 3.29. The SMILES string of the molecule is CCNc1ncnc(N2CCN(C(C)C)CC2)c1C. The van der Waals surface area contributed by atoms with Gasteiger partial charge in [0, 0.05) is 44.3 Å². The first-order valence-electron chi connectivity index (χ1n) is 7.18. The molecule has 1 N–H and O–H groups in total. The summed E-state index contributed by atoms with van der Waals surface area (Å²) in [6, 6.07) is 0.631. The van der Waals surface area contributed by atoms with Gasteiger partial charge in [0.1, 0.15) is 18.0 Å². The molecule has 0 saturated carbocycles. The lowest BCUT2D eigenvalue weighted by Gasteiger charge is -2.38. The van der Waals surface area contributed by atoms with Crippen molar-refractivity contribution < 1.29 is 0 Å². The normalized spacial score (nSPS) is 17.0. The molecule has 106 valence electrons. The van der Waals surface area contributed by atoms with Gasteiger partial charge >= 0.3 is 0 Å². The van der Waals surface area contributed by atoms with Gasteiger partial charge < -0.3 is 10.2 Å². The molecule has 0 aromatic carbocycles. The number of hydrogen-bond donors (Lipinski definition) is 1. The summed E-state index contributed by atoms with van der Waals surface area (Å²) in [5.74, 6) is 2.04. The Morgan fingerprint density at radius 3 is 2.47 bits per heavy atom. The first kappa shape index (κ1) is 14.1. The molecular formula is C14H25N5. The van der Waals surface area contributed by atoms with Crippen LogP contribution in [0, 0.1) is 6.92 Å². The van der Waals surface area contributed by atoms with Crippen LogP contribution in [0.25, 0.3) is 0 Å². The zero-order valence-electron chi connectivity index (χ0n) is 12.5. The summed E-state index contributed by atoms with van der Waals surface area (Å²) in [6.45, 7) is 13.9. The zero-order valence-corrected chi connectivity index (χ0v) is 12.5. The molecule has 2 rings (SSSR count). The topological polar surface area (TPSA) is 44.3 Å². The molecule has 0 aliphatic carbocycles. The van der Waals surface area contributed by atoms with E-state index in [1.54, 1.807) is 6.33 Å². The van der Waals surface area contributed by atoms with Gasteiger partial charge in [-0.2, -0.15) is 0 Å². The summed E-state index contributed by atoms with van der Waals surface area (Å²) in [6.07, 6.45) is 1.66. The van der Waals surface area contributed by atoms with E-state index in [-0.39, 0.29) is 0 Å². The number of anilines is 2. The molecule has 1 fully saturated rings. The number of hydrogen-bond acceptors (Lipinski definition) is 5. The van der Waals surface area contributed by atoms with Gasteiger partial charge in [0.25, 0.3) is 0 Å². The molecule has 1 saturated heterocycles. The van der Waals surface area contributed by atoms with E-state index in [0.29, 0.717) is 6.04 Å². The highest BCUT2D eigenvalue weighted by atomic mass is 15.3. The molecule has 1 aliphatic rings. The van der Waals surface area contributed by atoms with Crippen molar-refractivity contribution in [3.63, 3.8) is 0 Å². The fourth-order valence-electron chi connectivity index (χ4n) is 2.56. The second-order valence-electron chi connectivity index (χ2n) is 5.32. The molecule has 1 aliphatic heterocycles. The van der Waals surface area contributed by atoms with Crippen molar-refractivity contribution in [2.24, 2.45) is 0 Å². The fraction of sp³-hybridized carbons (Fsp3) is 0.714. The summed E-state index contributed by atoms with van der Waals surface area (Å²) < 4.78 is 0. The molecule has 1 aromatic heterocycles. The van der Waals surface area contributed by atoms with E-state index >= 15 is 0 Å². The van der Waals surface area contributed by atoms with E-state index in [2.05, 4.69) is 52.8 Å². The van der Waals surface area contributed by atoms with Gasteiger partial charge in [-0.05, 0) is 27.7 Å². The van der Waals surface area contributed by atoms with Crippen LogP contribution in [0.5, 0.6) is 0 Å². The number of rotatable bonds is 4. The minimum absolute atomic E-state index is 0.631. The second kappa shape index (κ2) is 6.19. The van der Waals surface area contributed by atoms with Gasteiger partial charge in [-0.25, -0.2) is 9.97 Å². The van der Waals surface area contributed by atoms with Gasteiger partial charge in [0.15, 0.2) is 0 Å². The van der Waals surface area contributed by atoms with Crippen LogP contribution in [-0.4, -0.2) is 53.6 Å². The molecular weight excluding hydrogens is 238 g/mol.